The quantitative estimate of drug-likeness (QED) is 0.819. The van der Waals surface area contributed by atoms with Crippen LogP contribution in [0.5, 0.6) is 0 Å². The van der Waals surface area contributed by atoms with Gasteiger partial charge in [-0.1, -0.05) is 13.0 Å². The van der Waals surface area contributed by atoms with E-state index in [9.17, 15) is 4.79 Å². The lowest BCUT2D eigenvalue weighted by atomic mass is 9.77. The summed E-state index contributed by atoms with van der Waals surface area (Å²) in [6.45, 7) is 2.56. The third-order valence-electron chi connectivity index (χ3n) is 3.48. The Hall–Kier alpha value is -1.42. The minimum absolute atomic E-state index is 0.0449. The van der Waals surface area contributed by atoms with E-state index in [0.29, 0.717) is 6.54 Å². The van der Waals surface area contributed by atoms with Gasteiger partial charge in [0.2, 0.25) is 5.91 Å². The molecule has 1 amide bonds. The molecule has 0 radical (unpaired) electrons. The molecule has 0 atom stereocenters. The van der Waals surface area contributed by atoms with E-state index >= 15 is 0 Å². The first-order valence-corrected chi connectivity index (χ1v) is 6.15. The number of nitrogens with one attached hydrogen (secondary N) is 1. The highest BCUT2D eigenvalue weighted by Gasteiger charge is 2.39. The zero-order valence-electron chi connectivity index (χ0n) is 10.2. The molecule has 1 heterocycles. The Morgan fingerprint density at radius 1 is 1.59 bits per heavy atom. The fourth-order valence-corrected chi connectivity index (χ4v) is 2.08. The molecule has 17 heavy (non-hydrogen) atoms. The smallest absolute Gasteiger partial charge is 0.240 e. The van der Waals surface area contributed by atoms with Crippen LogP contribution in [0.1, 0.15) is 37.4 Å². The van der Waals surface area contributed by atoms with Crippen LogP contribution in [-0.4, -0.2) is 16.4 Å². The SMILES string of the molecule is CCc1cccnc1CNC(=O)C1(N)CCC1. The molecule has 0 bridgehead atoms. The van der Waals surface area contributed by atoms with Crippen molar-refractivity contribution in [3.63, 3.8) is 0 Å². The van der Waals surface area contributed by atoms with Crippen LogP contribution in [0.25, 0.3) is 0 Å². The summed E-state index contributed by atoms with van der Waals surface area (Å²) in [5.41, 5.74) is 7.43. The molecule has 1 saturated carbocycles. The monoisotopic (exact) mass is 233 g/mol. The van der Waals surface area contributed by atoms with Crippen LogP contribution < -0.4 is 11.1 Å². The van der Waals surface area contributed by atoms with Crippen LogP contribution in [0.2, 0.25) is 0 Å². The Balaban J connectivity index is 1.95. The average molecular weight is 233 g/mol. The molecule has 0 spiro atoms. The Labute approximate surface area is 102 Å². The minimum Gasteiger partial charge on any atom is -0.349 e. The topological polar surface area (TPSA) is 68.0 Å². The zero-order valence-corrected chi connectivity index (χ0v) is 10.2. The molecule has 1 aliphatic carbocycles. The molecule has 2 rings (SSSR count). The van der Waals surface area contributed by atoms with Crippen molar-refractivity contribution in [1.29, 1.82) is 0 Å². The van der Waals surface area contributed by atoms with Crippen LogP contribution in [0, 0.1) is 0 Å². The van der Waals surface area contributed by atoms with E-state index in [1.165, 1.54) is 5.56 Å². The summed E-state index contributed by atoms with van der Waals surface area (Å²) in [7, 11) is 0. The third-order valence-corrected chi connectivity index (χ3v) is 3.48. The van der Waals surface area contributed by atoms with E-state index in [2.05, 4.69) is 17.2 Å². The van der Waals surface area contributed by atoms with Crippen molar-refractivity contribution in [2.24, 2.45) is 5.73 Å². The Kier molecular flexibility index (Phi) is 3.43. The van der Waals surface area contributed by atoms with Crippen LogP contribution in [0.15, 0.2) is 18.3 Å². The molecule has 1 fully saturated rings. The number of carbonyl (C=O) groups excluding carboxylic acids is 1. The lowest BCUT2D eigenvalue weighted by Gasteiger charge is -2.36. The first kappa shape index (κ1) is 12.0. The normalized spacial score (nSPS) is 17.3. The van der Waals surface area contributed by atoms with Gasteiger partial charge in [-0.3, -0.25) is 9.78 Å². The van der Waals surface area contributed by atoms with Gasteiger partial charge in [0.15, 0.2) is 0 Å². The molecule has 0 saturated heterocycles. The highest BCUT2D eigenvalue weighted by atomic mass is 16.2. The Bertz CT molecular complexity index is 413. The number of hydrogen-bond donors (Lipinski definition) is 2. The Morgan fingerprint density at radius 3 is 2.94 bits per heavy atom. The van der Waals surface area contributed by atoms with Crippen LogP contribution in [0.4, 0.5) is 0 Å². The number of aromatic nitrogens is 1. The lowest BCUT2D eigenvalue weighted by Crippen LogP contribution is -2.58. The molecular formula is C13H19N3O. The van der Waals surface area contributed by atoms with Crippen molar-refractivity contribution >= 4 is 5.91 Å². The molecule has 0 aromatic carbocycles. The maximum Gasteiger partial charge on any atom is 0.240 e. The lowest BCUT2D eigenvalue weighted by molar-refractivity contribution is -0.129. The number of aryl methyl sites for hydroxylation is 1. The van der Waals surface area contributed by atoms with Gasteiger partial charge in [0.25, 0.3) is 0 Å². The van der Waals surface area contributed by atoms with E-state index in [0.717, 1.165) is 31.4 Å². The molecule has 1 aliphatic rings. The van der Waals surface area contributed by atoms with E-state index in [-0.39, 0.29) is 5.91 Å². The number of hydrogen-bond acceptors (Lipinski definition) is 3. The summed E-state index contributed by atoms with van der Waals surface area (Å²) in [6.07, 6.45) is 5.31. The molecule has 4 heteroatoms. The number of amides is 1. The molecule has 0 unspecified atom stereocenters. The summed E-state index contributed by atoms with van der Waals surface area (Å²) >= 11 is 0. The largest absolute Gasteiger partial charge is 0.349 e. The van der Waals surface area contributed by atoms with Gasteiger partial charge < -0.3 is 11.1 Å². The number of nitrogens with two attached hydrogens (primary N) is 1. The number of carbonyl (C=O) groups is 1. The summed E-state index contributed by atoms with van der Waals surface area (Å²) < 4.78 is 0. The Morgan fingerprint density at radius 2 is 2.35 bits per heavy atom. The van der Waals surface area contributed by atoms with Crippen molar-refractivity contribution in [3.05, 3.63) is 29.6 Å². The van der Waals surface area contributed by atoms with Crippen molar-refractivity contribution < 1.29 is 4.79 Å². The minimum atomic E-state index is -0.624. The summed E-state index contributed by atoms with van der Waals surface area (Å²) in [6, 6.07) is 3.95. The van der Waals surface area contributed by atoms with Crippen LogP contribution >= 0.6 is 0 Å². The predicted molar refractivity (Wildman–Crippen MR) is 66.2 cm³/mol. The number of rotatable bonds is 4. The van der Waals surface area contributed by atoms with Crippen molar-refractivity contribution in [2.75, 3.05) is 0 Å². The van der Waals surface area contributed by atoms with Crippen LogP contribution in [-0.2, 0) is 17.8 Å². The highest BCUT2D eigenvalue weighted by molar-refractivity contribution is 5.86. The van der Waals surface area contributed by atoms with Gasteiger partial charge in [-0.05, 0) is 37.3 Å². The predicted octanol–water partition coefficient (Wildman–Crippen LogP) is 1.14. The molecule has 3 N–H and O–H groups in total. The van der Waals surface area contributed by atoms with Gasteiger partial charge in [0.05, 0.1) is 17.8 Å². The molecule has 1 aromatic rings. The summed E-state index contributed by atoms with van der Waals surface area (Å²) in [4.78, 5) is 16.1. The van der Waals surface area contributed by atoms with E-state index in [1.54, 1.807) is 6.20 Å². The second-order valence-electron chi connectivity index (χ2n) is 4.66. The van der Waals surface area contributed by atoms with Gasteiger partial charge in [0.1, 0.15) is 0 Å². The second kappa shape index (κ2) is 4.84. The molecular weight excluding hydrogens is 214 g/mol. The van der Waals surface area contributed by atoms with Gasteiger partial charge in [-0.15, -0.1) is 0 Å². The average Bonchev–Trinajstić information content (AvgIpc) is 2.33. The van der Waals surface area contributed by atoms with E-state index < -0.39 is 5.54 Å². The molecule has 92 valence electrons. The number of pyridine rings is 1. The molecule has 0 aliphatic heterocycles. The standard InChI is InChI=1S/C13H19N3O/c1-2-10-5-3-8-15-11(10)9-16-12(17)13(14)6-4-7-13/h3,5,8H,2,4,6-7,9,14H2,1H3,(H,16,17). The fourth-order valence-electron chi connectivity index (χ4n) is 2.08. The third kappa shape index (κ3) is 2.47. The van der Waals surface area contributed by atoms with E-state index in [4.69, 9.17) is 5.73 Å². The van der Waals surface area contributed by atoms with Gasteiger partial charge in [-0.25, -0.2) is 0 Å². The van der Waals surface area contributed by atoms with Crippen molar-refractivity contribution in [2.45, 2.75) is 44.7 Å². The highest BCUT2D eigenvalue weighted by Crippen LogP contribution is 2.29. The second-order valence-corrected chi connectivity index (χ2v) is 4.66. The van der Waals surface area contributed by atoms with Gasteiger partial charge in [-0.2, -0.15) is 0 Å². The zero-order chi connectivity index (χ0) is 12.3. The number of nitrogens with zero attached hydrogens (tertiary/aromatic N) is 1. The van der Waals surface area contributed by atoms with Crippen LogP contribution in [0.3, 0.4) is 0 Å². The molecule has 4 nitrogen and oxygen atoms in total. The summed E-state index contributed by atoms with van der Waals surface area (Å²) in [5.74, 6) is -0.0449. The van der Waals surface area contributed by atoms with Gasteiger partial charge >= 0.3 is 0 Å². The maximum atomic E-state index is 11.9. The fraction of sp³-hybridized carbons (Fsp3) is 0.538. The summed E-state index contributed by atoms with van der Waals surface area (Å²) in [5, 5.41) is 2.89. The first-order valence-electron chi connectivity index (χ1n) is 6.15. The maximum absolute atomic E-state index is 11.9. The molecule has 1 aromatic heterocycles. The van der Waals surface area contributed by atoms with Crippen molar-refractivity contribution in [3.8, 4) is 0 Å². The van der Waals surface area contributed by atoms with Gasteiger partial charge in [0, 0.05) is 6.20 Å². The van der Waals surface area contributed by atoms with E-state index in [1.807, 2.05) is 12.1 Å². The first-order chi connectivity index (χ1) is 8.15. The van der Waals surface area contributed by atoms with Crippen molar-refractivity contribution in [1.82, 2.24) is 10.3 Å².